The molecule has 0 aliphatic heterocycles. The standard InChI is InChI=1S/C18H18Cl2N2O2/c1-10-8-13(10)15-6-4-12(24-15)9-22(11-2-3-11)18(23)17-14(19)5-7-16(20)21-17/h4-7,10-11,13H,2-3,8-9H2,1H3. The fraction of sp³-hybridized carbons (Fsp3) is 0.444. The molecule has 2 aliphatic rings. The van der Waals surface area contributed by atoms with E-state index in [1.807, 2.05) is 12.1 Å². The number of amides is 1. The van der Waals surface area contributed by atoms with Crippen LogP contribution in [0.3, 0.4) is 0 Å². The molecular formula is C18H18Cl2N2O2. The van der Waals surface area contributed by atoms with E-state index in [1.165, 1.54) is 6.42 Å². The van der Waals surface area contributed by atoms with Crippen LogP contribution in [0.15, 0.2) is 28.7 Å². The lowest BCUT2D eigenvalue weighted by atomic mass is 10.2. The fourth-order valence-electron chi connectivity index (χ4n) is 3.02. The van der Waals surface area contributed by atoms with Crippen LogP contribution in [0.25, 0.3) is 0 Å². The second-order valence-electron chi connectivity index (χ2n) is 6.75. The number of nitrogens with zero attached hydrogens (tertiary/aromatic N) is 2. The van der Waals surface area contributed by atoms with Crippen molar-refractivity contribution in [1.82, 2.24) is 9.88 Å². The molecule has 2 saturated carbocycles. The Bertz CT molecular complexity index is 785. The molecule has 2 aromatic heterocycles. The highest BCUT2D eigenvalue weighted by molar-refractivity contribution is 6.34. The third kappa shape index (κ3) is 3.17. The summed E-state index contributed by atoms with van der Waals surface area (Å²) in [5.74, 6) is 2.87. The summed E-state index contributed by atoms with van der Waals surface area (Å²) in [6, 6.07) is 7.41. The monoisotopic (exact) mass is 364 g/mol. The SMILES string of the molecule is CC1CC1c1ccc(CN(C(=O)c2nc(Cl)ccc2Cl)C2CC2)o1. The van der Waals surface area contributed by atoms with Crippen LogP contribution in [0.2, 0.25) is 10.2 Å². The zero-order chi connectivity index (χ0) is 16.8. The molecule has 0 spiro atoms. The first-order chi connectivity index (χ1) is 11.5. The highest BCUT2D eigenvalue weighted by Gasteiger charge is 2.38. The quantitative estimate of drug-likeness (QED) is 0.708. The Morgan fingerprint density at radius 3 is 2.71 bits per heavy atom. The molecule has 0 bridgehead atoms. The maximum Gasteiger partial charge on any atom is 0.274 e. The van der Waals surface area contributed by atoms with Gasteiger partial charge in [-0.05, 0) is 49.4 Å². The number of pyridine rings is 1. The minimum atomic E-state index is -0.192. The Morgan fingerprint density at radius 2 is 2.04 bits per heavy atom. The maximum absolute atomic E-state index is 12.9. The number of aromatic nitrogens is 1. The van der Waals surface area contributed by atoms with Crippen molar-refractivity contribution >= 4 is 29.1 Å². The Labute approximate surface area is 150 Å². The molecule has 24 heavy (non-hydrogen) atoms. The van der Waals surface area contributed by atoms with E-state index in [-0.39, 0.29) is 22.8 Å². The van der Waals surface area contributed by atoms with Crippen LogP contribution in [-0.2, 0) is 6.54 Å². The Morgan fingerprint density at radius 1 is 1.29 bits per heavy atom. The van der Waals surface area contributed by atoms with Gasteiger partial charge in [0.1, 0.15) is 22.4 Å². The molecule has 4 rings (SSSR count). The van der Waals surface area contributed by atoms with E-state index in [1.54, 1.807) is 17.0 Å². The van der Waals surface area contributed by atoms with Gasteiger partial charge in [-0.15, -0.1) is 0 Å². The lowest BCUT2D eigenvalue weighted by Gasteiger charge is -2.21. The van der Waals surface area contributed by atoms with Crippen LogP contribution in [0, 0.1) is 5.92 Å². The molecular weight excluding hydrogens is 347 g/mol. The number of rotatable bonds is 5. The van der Waals surface area contributed by atoms with Gasteiger partial charge in [-0.3, -0.25) is 4.79 Å². The summed E-state index contributed by atoms with van der Waals surface area (Å²) in [4.78, 5) is 18.8. The van der Waals surface area contributed by atoms with Gasteiger partial charge in [0, 0.05) is 12.0 Å². The molecule has 0 radical (unpaired) electrons. The van der Waals surface area contributed by atoms with E-state index in [0.717, 1.165) is 24.4 Å². The molecule has 2 unspecified atom stereocenters. The fourth-order valence-corrected chi connectivity index (χ4v) is 3.36. The molecule has 4 nitrogen and oxygen atoms in total. The molecule has 2 fully saturated rings. The smallest absolute Gasteiger partial charge is 0.274 e. The predicted molar refractivity (Wildman–Crippen MR) is 92.4 cm³/mol. The highest BCUT2D eigenvalue weighted by Crippen LogP contribution is 2.47. The zero-order valence-electron chi connectivity index (χ0n) is 13.3. The Balaban J connectivity index is 1.55. The molecule has 126 valence electrons. The second kappa shape index (κ2) is 6.08. The van der Waals surface area contributed by atoms with Crippen molar-refractivity contribution < 1.29 is 9.21 Å². The zero-order valence-corrected chi connectivity index (χ0v) is 14.8. The third-order valence-corrected chi connectivity index (χ3v) is 5.26. The lowest BCUT2D eigenvalue weighted by Crippen LogP contribution is -2.33. The molecule has 1 amide bonds. The van der Waals surface area contributed by atoms with E-state index in [2.05, 4.69) is 11.9 Å². The summed E-state index contributed by atoms with van der Waals surface area (Å²) in [6.45, 7) is 2.66. The number of halogens is 2. The van der Waals surface area contributed by atoms with Gasteiger partial charge in [0.25, 0.3) is 5.91 Å². The van der Waals surface area contributed by atoms with E-state index in [0.29, 0.717) is 23.4 Å². The van der Waals surface area contributed by atoms with Gasteiger partial charge in [-0.25, -0.2) is 4.98 Å². The van der Waals surface area contributed by atoms with Gasteiger partial charge < -0.3 is 9.32 Å². The van der Waals surface area contributed by atoms with Gasteiger partial charge >= 0.3 is 0 Å². The van der Waals surface area contributed by atoms with Crippen LogP contribution in [0.1, 0.15) is 54.1 Å². The first-order valence-electron chi connectivity index (χ1n) is 8.24. The summed E-state index contributed by atoms with van der Waals surface area (Å²) in [5, 5.41) is 0.587. The molecule has 0 saturated heterocycles. The van der Waals surface area contributed by atoms with Crippen LogP contribution in [-0.4, -0.2) is 21.8 Å². The average molecular weight is 365 g/mol. The Hall–Kier alpha value is -1.52. The molecule has 2 aliphatic carbocycles. The third-order valence-electron chi connectivity index (χ3n) is 4.75. The van der Waals surface area contributed by atoms with Crippen molar-refractivity contribution in [2.45, 2.75) is 44.7 Å². The summed E-state index contributed by atoms with van der Waals surface area (Å²) < 4.78 is 5.95. The van der Waals surface area contributed by atoms with E-state index in [9.17, 15) is 4.79 Å². The predicted octanol–water partition coefficient (Wildman–Crippen LogP) is 4.91. The molecule has 2 atom stereocenters. The van der Waals surface area contributed by atoms with E-state index in [4.69, 9.17) is 27.6 Å². The number of carbonyl (C=O) groups excluding carboxylic acids is 1. The summed E-state index contributed by atoms with van der Waals surface area (Å²) in [6.07, 6.45) is 3.18. The molecule has 0 aromatic carbocycles. The molecule has 2 heterocycles. The first-order valence-corrected chi connectivity index (χ1v) is 9.00. The number of furan rings is 1. The lowest BCUT2D eigenvalue weighted by molar-refractivity contribution is 0.0711. The minimum absolute atomic E-state index is 0.192. The summed E-state index contributed by atoms with van der Waals surface area (Å²) >= 11 is 12.1. The maximum atomic E-state index is 12.9. The van der Waals surface area contributed by atoms with Gasteiger partial charge in [0.2, 0.25) is 0 Å². The largest absolute Gasteiger partial charge is 0.464 e. The molecule has 0 N–H and O–H groups in total. The summed E-state index contributed by atoms with van der Waals surface area (Å²) in [7, 11) is 0. The van der Waals surface area contributed by atoms with Crippen molar-refractivity contribution in [1.29, 1.82) is 0 Å². The highest BCUT2D eigenvalue weighted by atomic mass is 35.5. The molecule has 6 heteroatoms. The second-order valence-corrected chi connectivity index (χ2v) is 7.55. The van der Waals surface area contributed by atoms with E-state index < -0.39 is 0 Å². The van der Waals surface area contributed by atoms with Crippen molar-refractivity contribution in [2.75, 3.05) is 0 Å². The van der Waals surface area contributed by atoms with Crippen LogP contribution in [0.4, 0.5) is 0 Å². The normalized spacial score (nSPS) is 22.5. The van der Waals surface area contributed by atoms with Crippen molar-refractivity contribution in [2.24, 2.45) is 5.92 Å². The van der Waals surface area contributed by atoms with Gasteiger partial charge in [0.05, 0.1) is 11.6 Å². The van der Waals surface area contributed by atoms with Crippen LogP contribution >= 0.6 is 23.2 Å². The van der Waals surface area contributed by atoms with Gasteiger partial charge in [0.15, 0.2) is 0 Å². The van der Waals surface area contributed by atoms with Crippen molar-refractivity contribution in [3.05, 3.63) is 51.7 Å². The average Bonchev–Trinajstić information content (AvgIpc) is 3.48. The topological polar surface area (TPSA) is 46.3 Å². The molecule has 2 aromatic rings. The van der Waals surface area contributed by atoms with Crippen LogP contribution < -0.4 is 0 Å². The number of carbonyl (C=O) groups is 1. The number of hydrogen-bond acceptors (Lipinski definition) is 3. The minimum Gasteiger partial charge on any atom is -0.464 e. The number of hydrogen-bond donors (Lipinski definition) is 0. The van der Waals surface area contributed by atoms with Crippen molar-refractivity contribution in [3.8, 4) is 0 Å². The first kappa shape index (κ1) is 16.0. The summed E-state index contributed by atoms with van der Waals surface area (Å²) in [5.41, 5.74) is 0.207. The van der Waals surface area contributed by atoms with Gasteiger partial charge in [-0.1, -0.05) is 30.1 Å². The van der Waals surface area contributed by atoms with Gasteiger partial charge in [-0.2, -0.15) is 0 Å². The Kier molecular flexibility index (Phi) is 4.05. The van der Waals surface area contributed by atoms with Crippen molar-refractivity contribution in [3.63, 3.8) is 0 Å². The van der Waals surface area contributed by atoms with Crippen LogP contribution in [0.5, 0.6) is 0 Å². The van der Waals surface area contributed by atoms with E-state index >= 15 is 0 Å².